The van der Waals surface area contributed by atoms with Crippen LogP contribution in [-0.4, -0.2) is 20.3 Å². The molecule has 3 N–H and O–H groups in total. The summed E-state index contributed by atoms with van der Waals surface area (Å²) in [5, 5.41) is 0. The zero-order valence-electron chi connectivity index (χ0n) is 11.8. The van der Waals surface area contributed by atoms with Crippen molar-refractivity contribution in [3.8, 4) is 17.2 Å². The van der Waals surface area contributed by atoms with Crippen LogP contribution in [0.2, 0.25) is 0 Å². The van der Waals surface area contributed by atoms with Crippen LogP contribution < -0.4 is 25.5 Å². The molecule has 3 rings (SSSR count). The van der Waals surface area contributed by atoms with Gasteiger partial charge in [-0.05, 0) is 23.8 Å². The number of nitrogens with one attached hydrogen (secondary N) is 1. The molecule has 5 nitrogen and oxygen atoms in total. The van der Waals surface area contributed by atoms with Crippen molar-refractivity contribution < 1.29 is 14.2 Å². The van der Waals surface area contributed by atoms with Gasteiger partial charge in [-0.25, -0.2) is 5.43 Å². The molecule has 1 unspecified atom stereocenters. The van der Waals surface area contributed by atoms with Crippen LogP contribution in [0.5, 0.6) is 17.2 Å². The summed E-state index contributed by atoms with van der Waals surface area (Å²) in [6, 6.07) is 13.4. The van der Waals surface area contributed by atoms with E-state index in [0.29, 0.717) is 13.2 Å². The van der Waals surface area contributed by atoms with E-state index in [1.54, 1.807) is 7.11 Å². The molecule has 5 heteroatoms. The number of fused-ring (bicyclic) bond motifs is 1. The topological polar surface area (TPSA) is 65.7 Å². The Morgan fingerprint density at radius 2 is 1.86 bits per heavy atom. The minimum atomic E-state index is -0.174. The summed E-state index contributed by atoms with van der Waals surface area (Å²) in [6.45, 7) is 1.11. The standard InChI is InChI=1S/C16H18N2O3/c1-19-12-7-5-11(6-8-12)15(18-17)13-3-2-4-14-16(13)21-10-9-20-14/h2-8,15,18H,9-10,17H2,1H3. The number of methoxy groups -OCH3 is 1. The first-order valence-corrected chi connectivity index (χ1v) is 6.82. The second-order valence-electron chi connectivity index (χ2n) is 4.74. The molecule has 0 aromatic heterocycles. The van der Waals surface area contributed by atoms with E-state index in [9.17, 15) is 0 Å². The average molecular weight is 286 g/mol. The highest BCUT2D eigenvalue weighted by molar-refractivity contribution is 5.51. The second-order valence-corrected chi connectivity index (χ2v) is 4.74. The molecule has 0 amide bonds. The number of hydrogen-bond acceptors (Lipinski definition) is 5. The van der Waals surface area contributed by atoms with E-state index in [4.69, 9.17) is 20.1 Å². The Morgan fingerprint density at radius 3 is 2.57 bits per heavy atom. The molecule has 0 saturated carbocycles. The lowest BCUT2D eigenvalue weighted by atomic mass is 9.97. The fourth-order valence-corrected chi connectivity index (χ4v) is 2.49. The summed E-state index contributed by atoms with van der Waals surface area (Å²) in [4.78, 5) is 0. The maximum atomic E-state index is 5.76. The minimum absolute atomic E-state index is 0.174. The first kappa shape index (κ1) is 13.7. The molecule has 1 atom stereocenters. The molecule has 2 aromatic carbocycles. The molecule has 0 spiro atoms. The summed E-state index contributed by atoms with van der Waals surface area (Å²) in [5.41, 5.74) is 4.83. The van der Waals surface area contributed by atoms with Crippen molar-refractivity contribution >= 4 is 0 Å². The summed E-state index contributed by atoms with van der Waals surface area (Å²) in [5.74, 6) is 8.08. The van der Waals surface area contributed by atoms with Crippen molar-refractivity contribution in [3.05, 3.63) is 53.6 Å². The van der Waals surface area contributed by atoms with E-state index >= 15 is 0 Å². The number of nitrogens with two attached hydrogens (primary N) is 1. The molecule has 2 aromatic rings. The molecule has 0 bridgehead atoms. The fourth-order valence-electron chi connectivity index (χ4n) is 2.49. The van der Waals surface area contributed by atoms with Crippen molar-refractivity contribution in [1.82, 2.24) is 5.43 Å². The van der Waals surface area contributed by atoms with Gasteiger partial charge in [-0.1, -0.05) is 24.3 Å². The van der Waals surface area contributed by atoms with Gasteiger partial charge in [0.2, 0.25) is 0 Å². The molecule has 1 aliphatic heterocycles. The molecule has 110 valence electrons. The number of para-hydroxylation sites is 1. The minimum Gasteiger partial charge on any atom is -0.497 e. The first-order chi connectivity index (χ1) is 10.3. The van der Waals surface area contributed by atoms with Gasteiger partial charge >= 0.3 is 0 Å². The molecular formula is C16H18N2O3. The van der Waals surface area contributed by atoms with Gasteiger partial charge < -0.3 is 14.2 Å². The summed E-state index contributed by atoms with van der Waals surface area (Å²) >= 11 is 0. The Balaban J connectivity index is 1.99. The zero-order chi connectivity index (χ0) is 14.7. The zero-order valence-corrected chi connectivity index (χ0v) is 11.8. The number of hydrogen-bond donors (Lipinski definition) is 2. The van der Waals surface area contributed by atoms with Crippen LogP contribution in [0.1, 0.15) is 17.2 Å². The normalized spacial score (nSPS) is 14.6. The van der Waals surface area contributed by atoms with Gasteiger partial charge in [0.1, 0.15) is 19.0 Å². The number of benzene rings is 2. The lowest BCUT2D eigenvalue weighted by molar-refractivity contribution is 0.169. The van der Waals surface area contributed by atoms with E-state index < -0.39 is 0 Å². The third-order valence-corrected chi connectivity index (χ3v) is 3.52. The van der Waals surface area contributed by atoms with Crippen molar-refractivity contribution in [2.24, 2.45) is 5.84 Å². The number of hydrazine groups is 1. The largest absolute Gasteiger partial charge is 0.497 e. The molecule has 0 saturated heterocycles. The highest BCUT2D eigenvalue weighted by Gasteiger charge is 2.22. The van der Waals surface area contributed by atoms with Crippen molar-refractivity contribution in [2.45, 2.75) is 6.04 Å². The lowest BCUT2D eigenvalue weighted by Crippen LogP contribution is -2.30. The third-order valence-electron chi connectivity index (χ3n) is 3.52. The van der Waals surface area contributed by atoms with Gasteiger partial charge in [0.15, 0.2) is 11.5 Å². The molecule has 1 heterocycles. The van der Waals surface area contributed by atoms with E-state index in [-0.39, 0.29) is 6.04 Å². The van der Waals surface area contributed by atoms with E-state index in [1.807, 2.05) is 42.5 Å². The van der Waals surface area contributed by atoms with Gasteiger partial charge in [-0.3, -0.25) is 5.84 Å². The van der Waals surface area contributed by atoms with Crippen LogP contribution in [0.25, 0.3) is 0 Å². The molecule has 21 heavy (non-hydrogen) atoms. The van der Waals surface area contributed by atoms with Crippen LogP contribution in [0.3, 0.4) is 0 Å². The van der Waals surface area contributed by atoms with Gasteiger partial charge in [-0.15, -0.1) is 0 Å². The summed E-state index contributed by atoms with van der Waals surface area (Å²) in [6.07, 6.45) is 0. The molecular weight excluding hydrogens is 268 g/mol. The van der Waals surface area contributed by atoms with Crippen LogP contribution in [0.4, 0.5) is 0 Å². The van der Waals surface area contributed by atoms with Gasteiger partial charge in [0, 0.05) is 5.56 Å². The maximum Gasteiger partial charge on any atom is 0.166 e. The Hall–Kier alpha value is -2.24. The lowest BCUT2D eigenvalue weighted by Gasteiger charge is -2.25. The highest BCUT2D eigenvalue weighted by atomic mass is 16.6. The van der Waals surface area contributed by atoms with Crippen LogP contribution in [0, 0.1) is 0 Å². The predicted octanol–water partition coefficient (Wildman–Crippen LogP) is 2.02. The molecule has 1 aliphatic rings. The third kappa shape index (κ3) is 2.66. The SMILES string of the molecule is COc1ccc(C(NN)c2cccc3c2OCCO3)cc1. The van der Waals surface area contributed by atoms with Crippen molar-refractivity contribution in [2.75, 3.05) is 20.3 Å². The fraction of sp³-hybridized carbons (Fsp3) is 0.250. The highest BCUT2D eigenvalue weighted by Crippen LogP contribution is 2.38. The van der Waals surface area contributed by atoms with Gasteiger partial charge in [0.25, 0.3) is 0 Å². The second kappa shape index (κ2) is 6.03. The van der Waals surface area contributed by atoms with Crippen LogP contribution in [-0.2, 0) is 0 Å². The van der Waals surface area contributed by atoms with Gasteiger partial charge in [-0.2, -0.15) is 0 Å². The Morgan fingerprint density at radius 1 is 1.10 bits per heavy atom. The smallest absolute Gasteiger partial charge is 0.166 e. The number of rotatable bonds is 4. The Kier molecular flexibility index (Phi) is 3.94. The first-order valence-electron chi connectivity index (χ1n) is 6.82. The maximum absolute atomic E-state index is 5.76. The van der Waals surface area contributed by atoms with E-state index in [2.05, 4.69) is 5.43 Å². The predicted molar refractivity (Wildman–Crippen MR) is 79.6 cm³/mol. The average Bonchev–Trinajstić information content (AvgIpc) is 2.56. The van der Waals surface area contributed by atoms with E-state index in [1.165, 1.54) is 0 Å². The van der Waals surface area contributed by atoms with Crippen molar-refractivity contribution in [3.63, 3.8) is 0 Å². The van der Waals surface area contributed by atoms with Gasteiger partial charge in [0.05, 0.1) is 13.2 Å². The van der Waals surface area contributed by atoms with Crippen LogP contribution >= 0.6 is 0 Å². The summed E-state index contributed by atoms with van der Waals surface area (Å²) in [7, 11) is 1.65. The van der Waals surface area contributed by atoms with Crippen molar-refractivity contribution in [1.29, 1.82) is 0 Å². The van der Waals surface area contributed by atoms with Crippen LogP contribution in [0.15, 0.2) is 42.5 Å². The number of ether oxygens (including phenoxy) is 3. The monoisotopic (exact) mass is 286 g/mol. The quantitative estimate of drug-likeness (QED) is 0.665. The summed E-state index contributed by atoms with van der Waals surface area (Å²) < 4.78 is 16.6. The Labute approximate surface area is 123 Å². The van der Waals surface area contributed by atoms with E-state index in [0.717, 1.165) is 28.4 Å². The molecule has 0 aliphatic carbocycles. The molecule has 0 radical (unpaired) electrons. The Bertz CT molecular complexity index is 613. The molecule has 0 fully saturated rings.